The smallest absolute Gasteiger partial charge is 0.323 e. The molecule has 2 unspecified atom stereocenters. The molecule has 0 rings (SSSR count). The summed E-state index contributed by atoms with van der Waals surface area (Å²) in [5.74, 6) is -1.46. The van der Waals surface area contributed by atoms with E-state index in [4.69, 9.17) is 10.5 Å². The summed E-state index contributed by atoms with van der Waals surface area (Å²) in [6, 6.07) is -0.826. The van der Waals surface area contributed by atoms with Gasteiger partial charge in [-0.25, -0.2) is 0 Å². The maximum atomic E-state index is 11.4. The summed E-state index contributed by atoms with van der Waals surface area (Å²) in [5, 5.41) is 0. The highest BCUT2D eigenvalue weighted by molar-refractivity contribution is 5.80. The standard InChI is InChI=1S/C11H18NO5/c1-4-16-9(14)5-8(6-13)17-11(15)10(12)7(2)3/h7-8,10H,4-5,12H2,1-3H3. The van der Waals surface area contributed by atoms with Gasteiger partial charge < -0.3 is 15.2 Å². The van der Waals surface area contributed by atoms with E-state index in [0.717, 1.165) is 0 Å². The van der Waals surface area contributed by atoms with Crippen molar-refractivity contribution in [1.82, 2.24) is 0 Å². The summed E-state index contributed by atoms with van der Waals surface area (Å²) < 4.78 is 9.37. The zero-order valence-electron chi connectivity index (χ0n) is 10.3. The number of carbonyl (C=O) groups excluding carboxylic acids is 3. The van der Waals surface area contributed by atoms with Crippen LogP contribution < -0.4 is 5.73 Å². The molecule has 0 aliphatic carbocycles. The molecule has 0 bridgehead atoms. The van der Waals surface area contributed by atoms with Gasteiger partial charge in [0.15, 0.2) is 6.10 Å². The van der Waals surface area contributed by atoms with Crippen LogP contribution in [0.25, 0.3) is 0 Å². The minimum atomic E-state index is -1.26. The number of hydrogen-bond donors (Lipinski definition) is 1. The van der Waals surface area contributed by atoms with Gasteiger partial charge in [0.05, 0.1) is 13.0 Å². The van der Waals surface area contributed by atoms with Crippen molar-refractivity contribution < 1.29 is 23.9 Å². The quantitative estimate of drug-likeness (QED) is 0.630. The van der Waals surface area contributed by atoms with Crippen molar-refractivity contribution in [3.8, 4) is 0 Å². The lowest BCUT2D eigenvalue weighted by Gasteiger charge is -2.17. The van der Waals surface area contributed by atoms with Crippen LogP contribution in [0.2, 0.25) is 0 Å². The summed E-state index contributed by atoms with van der Waals surface area (Å²) >= 11 is 0. The molecule has 0 aliphatic rings. The molecular formula is C11H18NO5. The van der Waals surface area contributed by atoms with Crippen molar-refractivity contribution in [3.63, 3.8) is 0 Å². The molecule has 0 fully saturated rings. The van der Waals surface area contributed by atoms with Crippen molar-refractivity contribution in [2.24, 2.45) is 11.7 Å². The Balaban J connectivity index is 4.26. The van der Waals surface area contributed by atoms with E-state index >= 15 is 0 Å². The zero-order chi connectivity index (χ0) is 13.4. The van der Waals surface area contributed by atoms with Gasteiger partial charge in [0.25, 0.3) is 0 Å². The fourth-order valence-electron chi connectivity index (χ4n) is 0.970. The molecule has 0 aromatic heterocycles. The van der Waals surface area contributed by atoms with Gasteiger partial charge in [-0.15, -0.1) is 0 Å². The van der Waals surface area contributed by atoms with E-state index in [1.54, 1.807) is 20.8 Å². The molecule has 0 aliphatic heterocycles. The Hall–Kier alpha value is -1.43. The first kappa shape index (κ1) is 15.6. The highest BCUT2D eigenvalue weighted by atomic mass is 16.6. The average Bonchev–Trinajstić information content (AvgIpc) is 2.26. The molecular weight excluding hydrogens is 226 g/mol. The van der Waals surface area contributed by atoms with Crippen molar-refractivity contribution in [2.45, 2.75) is 39.3 Å². The predicted molar refractivity (Wildman–Crippen MR) is 59.6 cm³/mol. The van der Waals surface area contributed by atoms with Crippen LogP contribution in [0.4, 0.5) is 0 Å². The molecule has 97 valence electrons. The number of ether oxygens (including phenoxy) is 2. The monoisotopic (exact) mass is 244 g/mol. The number of nitrogens with two attached hydrogens (primary N) is 1. The molecule has 1 radical (unpaired) electrons. The van der Waals surface area contributed by atoms with Gasteiger partial charge in [-0.1, -0.05) is 13.8 Å². The molecule has 0 aromatic rings. The van der Waals surface area contributed by atoms with Crippen LogP contribution in [-0.4, -0.2) is 37.0 Å². The Morgan fingerprint density at radius 1 is 1.35 bits per heavy atom. The third kappa shape index (κ3) is 6.01. The summed E-state index contributed by atoms with van der Waals surface area (Å²) in [5.41, 5.74) is 5.53. The van der Waals surface area contributed by atoms with E-state index in [-0.39, 0.29) is 18.9 Å². The van der Waals surface area contributed by atoms with Gasteiger partial charge in [-0.05, 0) is 12.8 Å². The van der Waals surface area contributed by atoms with E-state index < -0.39 is 24.1 Å². The molecule has 0 aromatic carbocycles. The highest BCUT2D eigenvalue weighted by Crippen LogP contribution is 2.05. The number of esters is 2. The zero-order valence-corrected chi connectivity index (χ0v) is 10.3. The molecule has 0 saturated heterocycles. The largest absolute Gasteiger partial charge is 0.466 e. The summed E-state index contributed by atoms with van der Waals surface area (Å²) in [6.45, 7) is 5.33. The summed E-state index contributed by atoms with van der Waals surface area (Å²) in [6.07, 6.45) is -0.131. The molecule has 0 saturated carbocycles. The predicted octanol–water partition coefficient (Wildman–Crippen LogP) is -0.0556. The summed E-state index contributed by atoms with van der Waals surface area (Å²) in [4.78, 5) is 33.0. The Bertz CT molecular complexity index is 277. The Kier molecular flexibility index (Phi) is 7.13. The van der Waals surface area contributed by atoms with Gasteiger partial charge in [-0.3, -0.25) is 14.4 Å². The van der Waals surface area contributed by atoms with E-state index in [9.17, 15) is 14.4 Å². The highest BCUT2D eigenvalue weighted by Gasteiger charge is 2.25. The van der Waals surface area contributed by atoms with E-state index in [2.05, 4.69) is 4.74 Å². The van der Waals surface area contributed by atoms with Gasteiger partial charge >= 0.3 is 11.9 Å². The third-order valence-corrected chi connectivity index (χ3v) is 2.04. The molecule has 0 spiro atoms. The van der Waals surface area contributed by atoms with Crippen molar-refractivity contribution in [1.29, 1.82) is 0 Å². The van der Waals surface area contributed by atoms with Crippen LogP contribution in [0.3, 0.4) is 0 Å². The second kappa shape index (κ2) is 7.78. The Morgan fingerprint density at radius 3 is 2.35 bits per heavy atom. The second-order valence-electron chi connectivity index (χ2n) is 3.82. The van der Waals surface area contributed by atoms with Crippen LogP contribution >= 0.6 is 0 Å². The number of carbonyl (C=O) groups is 2. The van der Waals surface area contributed by atoms with E-state index in [0.29, 0.717) is 0 Å². The SMILES string of the molecule is CCOC(=O)CC([C]=O)OC(=O)C(N)C(C)C. The van der Waals surface area contributed by atoms with Crippen molar-refractivity contribution in [3.05, 3.63) is 0 Å². The first-order valence-electron chi connectivity index (χ1n) is 5.41. The van der Waals surface area contributed by atoms with Crippen LogP contribution in [-0.2, 0) is 23.9 Å². The fraction of sp³-hybridized carbons (Fsp3) is 0.727. The Morgan fingerprint density at radius 2 is 1.94 bits per heavy atom. The van der Waals surface area contributed by atoms with E-state index in [1.807, 2.05) is 0 Å². The third-order valence-electron chi connectivity index (χ3n) is 2.04. The normalized spacial score (nSPS) is 13.9. The maximum absolute atomic E-state index is 11.4. The number of hydrogen-bond acceptors (Lipinski definition) is 6. The molecule has 2 N–H and O–H groups in total. The van der Waals surface area contributed by atoms with Gasteiger partial charge in [0.2, 0.25) is 6.29 Å². The molecule has 6 nitrogen and oxygen atoms in total. The van der Waals surface area contributed by atoms with Crippen LogP contribution in [0.5, 0.6) is 0 Å². The molecule has 6 heteroatoms. The topological polar surface area (TPSA) is 95.7 Å². The molecule has 17 heavy (non-hydrogen) atoms. The van der Waals surface area contributed by atoms with Crippen LogP contribution in [0, 0.1) is 5.92 Å². The lowest BCUT2D eigenvalue weighted by atomic mass is 10.1. The van der Waals surface area contributed by atoms with E-state index in [1.165, 1.54) is 6.29 Å². The van der Waals surface area contributed by atoms with Crippen molar-refractivity contribution >= 4 is 18.2 Å². The lowest BCUT2D eigenvalue weighted by molar-refractivity contribution is -0.153. The summed E-state index contributed by atoms with van der Waals surface area (Å²) in [7, 11) is 0. The minimum Gasteiger partial charge on any atom is -0.466 e. The fourth-order valence-corrected chi connectivity index (χ4v) is 0.970. The first-order valence-corrected chi connectivity index (χ1v) is 5.41. The molecule has 2 atom stereocenters. The molecule has 0 amide bonds. The van der Waals surface area contributed by atoms with Gasteiger partial charge in [0.1, 0.15) is 6.04 Å². The Labute approximate surface area is 100 Å². The van der Waals surface area contributed by atoms with Crippen LogP contribution in [0.15, 0.2) is 0 Å². The minimum absolute atomic E-state index is 0.114. The lowest BCUT2D eigenvalue weighted by Crippen LogP contribution is -2.39. The van der Waals surface area contributed by atoms with Crippen LogP contribution in [0.1, 0.15) is 27.2 Å². The average molecular weight is 244 g/mol. The van der Waals surface area contributed by atoms with Crippen molar-refractivity contribution in [2.75, 3.05) is 6.61 Å². The number of rotatable bonds is 7. The first-order chi connectivity index (χ1) is 7.92. The van der Waals surface area contributed by atoms with Gasteiger partial charge in [0, 0.05) is 0 Å². The van der Waals surface area contributed by atoms with Gasteiger partial charge in [-0.2, -0.15) is 0 Å². The molecule has 0 heterocycles. The second-order valence-corrected chi connectivity index (χ2v) is 3.82. The maximum Gasteiger partial charge on any atom is 0.323 e.